The highest BCUT2D eigenvalue weighted by Gasteiger charge is 2.22. The molecular weight excluding hydrogens is 374 g/mol. The third kappa shape index (κ3) is 5.23. The first-order valence-corrected chi connectivity index (χ1v) is 11.1. The van der Waals surface area contributed by atoms with Gasteiger partial charge < -0.3 is 20.3 Å². The summed E-state index contributed by atoms with van der Waals surface area (Å²) in [4.78, 5) is 11.4. The number of anilines is 1. The predicted octanol–water partition coefficient (Wildman–Crippen LogP) is 3.66. The second kappa shape index (κ2) is 9.83. The summed E-state index contributed by atoms with van der Waals surface area (Å²) in [7, 11) is 1.83. The SMILES string of the molecule is CN=C(NCc1ccccc1OC1CCC1)NC1CCN(c2ccc(C)cn2)CC1. The number of aliphatic imine (C=N–C) groups is 1. The van der Waals surface area contributed by atoms with Gasteiger partial charge in [-0.2, -0.15) is 0 Å². The van der Waals surface area contributed by atoms with Crippen molar-refractivity contribution in [2.24, 2.45) is 4.99 Å². The largest absolute Gasteiger partial charge is 0.490 e. The first-order chi connectivity index (χ1) is 14.7. The highest BCUT2D eigenvalue weighted by atomic mass is 16.5. The van der Waals surface area contributed by atoms with Gasteiger partial charge in [0.15, 0.2) is 5.96 Å². The zero-order valence-corrected chi connectivity index (χ0v) is 18.1. The average Bonchev–Trinajstić information content (AvgIpc) is 2.75. The van der Waals surface area contributed by atoms with Crippen LogP contribution in [0.3, 0.4) is 0 Å². The molecule has 0 atom stereocenters. The van der Waals surface area contributed by atoms with Crippen molar-refractivity contribution in [2.45, 2.75) is 57.7 Å². The van der Waals surface area contributed by atoms with Gasteiger partial charge in [0.25, 0.3) is 0 Å². The summed E-state index contributed by atoms with van der Waals surface area (Å²) < 4.78 is 6.15. The molecule has 2 fully saturated rings. The fourth-order valence-corrected chi connectivity index (χ4v) is 3.90. The van der Waals surface area contributed by atoms with Gasteiger partial charge in [-0.3, -0.25) is 4.99 Å². The summed E-state index contributed by atoms with van der Waals surface area (Å²) in [5.41, 5.74) is 2.37. The van der Waals surface area contributed by atoms with Crippen molar-refractivity contribution in [3.63, 3.8) is 0 Å². The Labute approximate surface area is 179 Å². The molecule has 2 N–H and O–H groups in total. The maximum absolute atomic E-state index is 6.15. The second-order valence-electron chi connectivity index (χ2n) is 8.30. The van der Waals surface area contributed by atoms with Crippen molar-refractivity contribution in [3.05, 3.63) is 53.7 Å². The van der Waals surface area contributed by atoms with Crippen LogP contribution in [0.5, 0.6) is 5.75 Å². The first-order valence-electron chi connectivity index (χ1n) is 11.1. The Morgan fingerprint density at radius 3 is 2.60 bits per heavy atom. The lowest BCUT2D eigenvalue weighted by Crippen LogP contribution is -2.48. The minimum Gasteiger partial charge on any atom is -0.490 e. The van der Waals surface area contributed by atoms with Gasteiger partial charge in [-0.25, -0.2) is 4.98 Å². The molecule has 0 bridgehead atoms. The smallest absolute Gasteiger partial charge is 0.191 e. The lowest BCUT2D eigenvalue weighted by molar-refractivity contribution is 0.119. The quantitative estimate of drug-likeness (QED) is 0.565. The average molecular weight is 408 g/mol. The number of pyridine rings is 1. The molecule has 160 valence electrons. The molecule has 0 spiro atoms. The molecule has 0 radical (unpaired) electrons. The summed E-state index contributed by atoms with van der Waals surface area (Å²) in [6.07, 6.45) is 8.08. The molecular formula is C24H33N5O. The van der Waals surface area contributed by atoms with Crippen molar-refractivity contribution >= 4 is 11.8 Å². The van der Waals surface area contributed by atoms with Crippen molar-refractivity contribution in [1.82, 2.24) is 15.6 Å². The molecule has 30 heavy (non-hydrogen) atoms. The van der Waals surface area contributed by atoms with Gasteiger partial charge in [0, 0.05) is 44.5 Å². The van der Waals surface area contributed by atoms with Crippen LogP contribution < -0.4 is 20.3 Å². The molecule has 1 saturated heterocycles. The third-order valence-electron chi connectivity index (χ3n) is 6.04. The Morgan fingerprint density at radius 1 is 1.13 bits per heavy atom. The van der Waals surface area contributed by atoms with Crippen LogP contribution in [0.15, 0.2) is 47.6 Å². The molecule has 2 aliphatic rings. The van der Waals surface area contributed by atoms with E-state index in [1.165, 1.54) is 30.4 Å². The Hall–Kier alpha value is -2.76. The van der Waals surface area contributed by atoms with E-state index in [0.29, 0.717) is 18.7 Å². The highest BCUT2D eigenvalue weighted by molar-refractivity contribution is 5.80. The standard InChI is InChI=1S/C24H33N5O/c1-18-10-11-23(26-16-18)29-14-12-20(13-15-29)28-24(25-2)27-17-19-6-3-4-9-22(19)30-21-7-5-8-21/h3-4,6,9-11,16,20-21H,5,7-8,12-15,17H2,1-2H3,(H2,25,27,28). The Balaban J connectivity index is 1.26. The zero-order chi connectivity index (χ0) is 20.8. The predicted molar refractivity (Wildman–Crippen MR) is 122 cm³/mol. The van der Waals surface area contributed by atoms with Gasteiger partial charge in [0.05, 0.1) is 6.10 Å². The molecule has 4 rings (SSSR count). The van der Waals surface area contributed by atoms with Crippen LogP contribution in [-0.2, 0) is 6.54 Å². The van der Waals surface area contributed by atoms with E-state index in [4.69, 9.17) is 4.74 Å². The van der Waals surface area contributed by atoms with Gasteiger partial charge in [-0.1, -0.05) is 24.3 Å². The summed E-state index contributed by atoms with van der Waals surface area (Å²) in [5.74, 6) is 2.91. The number of nitrogens with zero attached hydrogens (tertiary/aromatic N) is 3. The molecule has 6 heteroatoms. The van der Waals surface area contributed by atoms with E-state index >= 15 is 0 Å². The number of para-hydroxylation sites is 1. The van der Waals surface area contributed by atoms with Crippen molar-refractivity contribution < 1.29 is 4.74 Å². The lowest BCUT2D eigenvalue weighted by atomic mass is 9.96. The molecule has 1 aliphatic carbocycles. The molecule has 1 aromatic carbocycles. The molecule has 1 aromatic heterocycles. The number of guanidine groups is 1. The summed E-state index contributed by atoms with van der Waals surface area (Å²) in [6, 6.07) is 13.0. The number of rotatable bonds is 6. The Bertz CT molecular complexity index is 839. The summed E-state index contributed by atoms with van der Waals surface area (Å²) in [5, 5.41) is 7.06. The van der Waals surface area contributed by atoms with Gasteiger partial charge in [-0.15, -0.1) is 0 Å². The second-order valence-corrected chi connectivity index (χ2v) is 8.30. The topological polar surface area (TPSA) is 61.8 Å². The van der Waals surface area contributed by atoms with Crippen molar-refractivity contribution in [2.75, 3.05) is 25.0 Å². The summed E-state index contributed by atoms with van der Waals surface area (Å²) >= 11 is 0. The van der Waals surface area contributed by atoms with Gasteiger partial charge in [0.2, 0.25) is 0 Å². The summed E-state index contributed by atoms with van der Waals surface area (Å²) in [6.45, 7) is 4.78. The number of aromatic nitrogens is 1. The van der Waals surface area contributed by atoms with Crippen LogP contribution in [0, 0.1) is 6.92 Å². The first kappa shape index (κ1) is 20.5. The van der Waals surface area contributed by atoms with Crippen molar-refractivity contribution in [1.29, 1.82) is 0 Å². The van der Waals surface area contributed by atoms with Crippen LogP contribution in [0.25, 0.3) is 0 Å². The number of ether oxygens (including phenoxy) is 1. The van der Waals surface area contributed by atoms with E-state index in [2.05, 4.69) is 62.8 Å². The maximum atomic E-state index is 6.15. The highest BCUT2D eigenvalue weighted by Crippen LogP contribution is 2.27. The minimum absolute atomic E-state index is 0.386. The van der Waals surface area contributed by atoms with Crippen LogP contribution in [0.1, 0.15) is 43.2 Å². The van der Waals surface area contributed by atoms with E-state index in [-0.39, 0.29) is 0 Å². The zero-order valence-electron chi connectivity index (χ0n) is 18.1. The third-order valence-corrected chi connectivity index (χ3v) is 6.04. The number of nitrogens with one attached hydrogen (secondary N) is 2. The Morgan fingerprint density at radius 2 is 1.93 bits per heavy atom. The maximum Gasteiger partial charge on any atom is 0.191 e. The van der Waals surface area contributed by atoms with E-state index in [1.807, 2.05) is 19.3 Å². The molecule has 0 amide bonds. The number of hydrogen-bond donors (Lipinski definition) is 2. The number of piperidine rings is 1. The van der Waals surface area contributed by atoms with E-state index in [1.54, 1.807) is 0 Å². The van der Waals surface area contributed by atoms with E-state index in [9.17, 15) is 0 Å². The van der Waals surface area contributed by atoms with Gasteiger partial charge in [-0.05, 0) is 56.7 Å². The fourth-order valence-electron chi connectivity index (χ4n) is 3.90. The fraction of sp³-hybridized carbons (Fsp3) is 0.500. The molecule has 1 saturated carbocycles. The number of hydrogen-bond acceptors (Lipinski definition) is 4. The van der Waals surface area contributed by atoms with Crippen molar-refractivity contribution in [3.8, 4) is 5.75 Å². The number of benzene rings is 1. The van der Waals surface area contributed by atoms with Gasteiger partial charge in [0.1, 0.15) is 11.6 Å². The molecule has 2 heterocycles. The van der Waals surface area contributed by atoms with E-state index < -0.39 is 0 Å². The number of aryl methyl sites for hydroxylation is 1. The minimum atomic E-state index is 0.386. The van der Waals surface area contributed by atoms with Gasteiger partial charge >= 0.3 is 0 Å². The molecule has 0 unspecified atom stereocenters. The molecule has 6 nitrogen and oxygen atoms in total. The van der Waals surface area contributed by atoms with E-state index in [0.717, 1.165) is 43.5 Å². The molecule has 1 aliphatic heterocycles. The van der Waals surface area contributed by atoms with Crippen LogP contribution >= 0.6 is 0 Å². The Kier molecular flexibility index (Phi) is 6.72. The normalized spacial score (nSPS) is 18.1. The molecule has 2 aromatic rings. The van der Waals surface area contributed by atoms with Crippen LogP contribution in [-0.4, -0.2) is 43.2 Å². The lowest BCUT2D eigenvalue weighted by Gasteiger charge is -2.34. The van der Waals surface area contributed by atoms with Crippen LogP contribution in [0.2, 0.25) is 0 Å². The monoisotopic (exact) mass is 407 g/mol. The van der Waals surface area contributed by atoms with Crippen LogP contribution in [0.4, 0.5) is 5.82 Å².